The molecule has 17 heavy (non-hydrogen) atoms. The lowest BCUT2D eigenvalue weighted by Crippen LogP contribution is -2.44. The number of rotatable bonds is 2. The first-order valence-electron chi connectivity index (χ1n) is 5.54. The molecule has 0 saturated carbocycles. The fourth-order valence-electron chi connectivity index (χ4n) is 1.88. The SMILES string of the molecule is Cc1cnc(C(=O)N(C)[C@@H]2CNC[C@H]2O)cn1. The second kappa shape index (κ2) is 4.77. The van der Waals surface area contributed by atoms with E-state index in [9.17, 15) is 9.90 Å². The maximum atomic E-state index is 12.1. The minimum absolute atomic E-state index is 0.203. The van der Waals surface area contributed by atoms with Gasteiger partial charge in [-0.1, -0.05) is 0 Å². The summed E-state index contributed by atoms with van der Waals surface area (Å²) in [6.07, 6.45) is 2.50. The van der Waals surface area contributed by atoms with Crippen LogP contribution in [0.2, 0.25) is 0 Å². The predicted molar refractivity (Wildman–Crippen MR) is 61.5 cm³/mol. The van der Waals surface area contributed by atoms with E-state index in [1.54, 1.807) is 13.2 Å². The number of aliphatic hydroxyl groups is 1. The zero-order valence-corrected chi connectivity index (χ0v) is 9.92. The van der Waals surface area contributed by atoms with E-state index in [1.165, 1.54) is 11.1 Å². The van der Waals surface area contributed by atoms with Gasteiger partial charge in [-0.25, -0.2) is 4.98 Å². The first-order valence-corrected chi connectivity index (χ1v) is 5.54. The molecule has 1 aromatic rings. The first kappa shape index (κ1) is 11.9. The van der Waals surface area contributed by atoms with Crippen molar-refractivity contribution in [3.8, 4) is 0 Å². The highest BCUT2D eigenvalue weighted by molar-refractivity contribution is 5.92. The Morgan fingerprint density at radius 1 is 1.47 bits per heavy atom. The number of carbonyl (C=O) groups excluding carboxylic acids is 1. The van der Waals surface area contributed by atoms with Crippen LogP contribution in [-0.4, -0.2) is 58.2 Å². The summed E-state index contributed by atoms with van der Waals surface area (Å²) in [6.45, 7) is 2.93. The number of hydrogen-bond donors (Lipinski definition) is 2. The van der Waals surface area contributed by atoms with Crippen LogP contribution >= 0.6 is 0 Å². The lowest BCUT2D eigenvalue weighted by Gasteiger charge is -2.25. The second-order valence-corrected chi connectivity index (χ2v) is 4.25. The van der Waals surface area contributed by atoms with Crippen LogP contribution in [0.1, 0.15) is 16.2 Å². The molecule has 1 amide bonds. The summed E-state index contributed by atoms with van der Waals surface area (Å²) in [4.78, 5) is 21.7. The van der Waals surface area contributed by atoms with E-state index in [0.717, 1.165) is 5.69 Å². The number of nitrogens with one attached hydrogen (secondary N) is 1. The highest BCUT2D eigenvalue weighted by Crippen LogP contribution is 2.10. The van der Waals surface area contributed by atoms with Crippen LogP contribution in [0.15, 0.2) is 12.4 Å². The molecule has 2 rings (SSSR count). The zero-order valence-electron chi connectivity index (χ0n) is 9.92. The van der Waals surface area contributed by atoms with Crippen molar-refractivity contribution in [3.63, 3.8) is 0 Å². The van der Waals surface area contributed by atoms with Gasteiger partial charge in [0, 0.05) is 26.3 Å². The van der Waals surface area contributed by atoms with Gasteiger partial charge in [0.15, 0.2) is 0 Å². The molecular weight excluding hydrogens is 220 g/mol. The molecule has 0 radical (unpaired) electrons. The van der Waals surface area contributed by atoms with Crippen LogP contribution in [0.4, 0.5) is 0 Å². The number of aliphatic hydroxyl groups excluding tert-OH is 1. The van der Waals surface area contributed by atoms with Crippen molar-refractivity contribution in [2.24, 2.45) is 0 Å². The maximum absolute atomic E-state index is 12.1. The quantitative estimate of drug-likeness (QED) is 0.702. The number of aryl methyl sites for hydroxylation is 1. The summed E-state index contributed by atoms with van der Waals surface area (Å²) in [6, 6.07) is -0.203. The number of likely N-dealkylation sites (N-methyl/N-ethyl adjacent to an activating group) is 1. The average Bonchev–Trinajstić information content (AvgIpc) is 2.74. The molecule has 1 aliphatic heterocycles. The fraction of sp³-hybridized carbons (Fsp3) is 0.545. The molecule has 1 aliphatic rings. The minimum Gasteiger partial charge on any atom is -0.390 e. The molecule has 0 unspecified atom stereocenters. The van der Waals surface area contributed by atoms with Crippen LogP contribution in [0.25, 0.3) is 0 Å². The van der Waals surface area contributed by atoms with Gasteiger partial charge in [-0.05, 0) is 6.92 Å². The molecule has 2 atom stereocenters. The van der Waals surface area contributed by atoms with Gasteiger partial charge in [-0.2, -0.15) is 0 Å². The molecule has 2 heterocycles. The van der Waals surface area contributed by atoms with E-state index in [1.807, 2.05) is 6.92 Å². The van der Waals surface area contributed by atoms with Crippen LogP contribution < -0.4 is 5.32 Å². The van der Waals surface area contributed by atoms with Crippen molar-refractivity contribution in [2.75, 3.05) is 20.1 Å². The number of β-amino-alcohol motifs (C(OH)–C–C–N with tert-alkyl or cyclic N) is 1. The summed E-state index contributed by atoms with van der Waals surface area (Å²) < 4.78 is 0. The van der Waals surface area contributed by atoms with Crippen molar-refractivity contribution < 1.29 is 9.90 Å². The Morgan fingerprint density at radius 3 is 2.76 bits per heavy atom. The third-order valence-electron chi connectivity index (χ3n) is 2.97. The number of amides is 1. The summed E-state index contributed by atoms with van der Waals surface area (Å²) in [7, 11) is 1.67. The molecular formula is C11H16N4O2. The van der Waals surface area contributed by atoms with Crippen LogP contribution in [0.5, 0.6) is 0 Å². The van der Waals surface area contributed by atoms with Crippen LogP contribution in [-0.2, 0) is 0 Å². The fourth-order valence-corrected chi connectivity index (χ4v) is 1.88. The average molecular weight is 236 g/mol. The Bertz CT molecular complexity index is 406. The maximum Gasteiger partial charge on any atom is 0.274 e. The normalized spacial score (nSPS) is 23.7. The largest absolute Gasteiger partial charge is 0.390 e. The van der Waals surface area contributed by atoms with E-state index in [0.29, 0.717) is 18.8 Å². The highest BCUT2D eigenvalue weighted by atomic mass is 16.3. The minimum atomic E-state index is -0.526. The second-order valence-electron chi connectivity index (χ2n) is 4.25. The summed E-state index contributed by atoms with van der Waals surface area (Å²) in [5.74, 6) is -0.217. The molecule has 2 N–H and O–H groups in total. The molecule has 6 nitrogen and oxygen atoms in total. The molecule has 92 valence electrons. The van der Waals surface area contributed by atoms with Crippen molar-refractivity contribution in [3.05, 3.63) is 23.8 Å². The Labute approximate surface area is 99.7 Å². The Balaban J connectivity index is 2.11. The van der Waals surface area contributed by atoms with Crippen LogP contribution in [0.3, 0.4) is 0 Å². The van der Waals surface area contributed by atoms with Crippen molar-refractivity contribution >= 4 is 5.91 Å². The summed E-state index contributed by atoms with van der Waals surface area (Å²) in [5.41, 5.74) is 1.07. The van der Waals surface area contributed by atoms with Gasteiger partial charge in [-0.15, -0.1) is 0 Å². The standard InChI is InChI=1S/C11H16N4O2/c1-7-3-14-8(4-13-7)11(17)15(2)9-5-12-6-10(9)16/h3-4,9-10,12,16H,5-6H2,1-2H3/t9-,10-/m1/s1. The Hall–Kier alpha value is -1.53. The molecule has 0 bridgehead atoms. The van der Waals surface area contributed by atoms with Gasteiger partial charge in [0.25, 0.3) is 5.91 Å². The lowest BCUT2D eigenvalue weighted by molar-refractivity contribution is 0.0575. The molecule has 1 fully saturated rings. The van der Waals surface area contributed by atoms with Gasteiger partial charge in [0.1, 0.15) is 5.69 Å². The Kier molecular flexibility index (Phi) is 3.35. The summed E-state index contributed by atoms with van der Waals surface area (Å²) >= 11 is 0. The van der Waals surface area contributed by atoms with Crippen molar-refractivity contribution in [2.45, 2.75) is 19.1 Å². The van der Waals surface area contributed by atoms with Gasteiger partial charge >= 0.3 is 0 Å². The molecule has 1 saturated heterocycles. The van der Waals surface area contributed by atoms with Gasteiger partial charge in [-0.3, -0.25) is 9.78 Å². The Morgan fingerprint density at radius 2 is 2.24 bits per heavy atom. The van der Waals surface area contributed by atoms with E-state index in [2.05, 4.69) is 15.3 Å². The van der Waals surface area contributed by atoms with Gasteiger partial charge < -0.3 is 15.3 Å². The molecule has 0 spiro atoms. The third-order valence-corrected chi connectivity index (χ3v) is 2.97. The monoisotopic (exact) mass is 236 g/mol. The van der Waals surface area contributed by atoms with E-state index in [-0.39, 0.29) is 11.9 Å². The lowest BCUT2D eigenvalue weighted by atomic mass is 10.2. The molecule has 6 heteroatoms. The van der Waals surface area contributed by atoms with Crippen LogP contribution in [0, 0.1) is 6.92 Å². The number of aromatic nitrogens is 2. The smallest absolute Gasteiger partial charge is 0.274 e. The molecule has 0 aliphatic carbocycles. The highest BCUT2D eigenvalue weighted by Gasteiger charge is 2.31. The number of nitrogens with zero attached hydrogens (tertiary/aromatic N) is 3. The predicted octanol–water partition coefficient (Wildman–Crippen LogP) is -0.810. The topological polar surface area (TPSA) is 78.4 Å². The molecule has 1 aromatic heterocycles. The van der Waals surface area contributed by atoms with E-state index >= 15 is 0 Å². The number of carbonyl (C=O) groups is 1. The zero-order chi connectivity index (χ0) is 12.4. The van der Waals surface area contributed by atoms with Crippen molar-refractivity contribution in [1.82, 2.24) is 20.2 Å². The molecule has 0 aromatic carbocycles. The van der Waals surface area contributed by atoms with Gasteiger partial charge in [0.05, 0.1) is 24.0 Å². The third kappa shape index (κ3) is 2.42. The van der Waals surface area contributed by atoms with E-state index in [4.69, 9.17) is 0 Å². The number of hydrogen-bond acceptors (Lipinski definition) is 5. The van der Waals surface area contributed by atoms with Gasteiger partial charge in [0.2, 0.25) is 0 Å². The van der Waals surface area contributed by atoms with Crippen molar-refractivity contribution in [1.29, 1.82) is 0 Å². The first-order chi connectivity index (χ1) is 8.09. The van der Waals surface area contributed by atoms with E-state index < -0.39 is 6.10 Å². The summed E-state index contributed by atoms with van der Waals surface area (Å²) in [5, 5.41) is 12.7.